The summed E-state index contributed by atoms with van der Waals surface area (Å²) in [5.74, 6) is -0.923. The summed E-state index contributed by atoms with van der Waals surface area (Å²) in [4.78, 5) is 38.7. The second kappa shape index (κ2) is 8.38. The van der Waals surface area contributed by atoms with Crippen LogP contribution in [0.15, 0.2) is 59.6 Å². The number of para-hydroxylation sites is 1. The summed E-state index contributed by atoms with van der Waals surface area (Å²) in [6, 6.07) is 14.5. The van der Waals surface area contributed by atoms with Gasteiger partial charge in [-0.15, -0.1) is 0 Å². The summed E-state index contributed by atoms with van der Waals surface area (Å²) in [5, 5.41) is 3.76. The number of anilines is 1. The highest BCUT2D eigenvalue weighted by Crippen LogP contribution is 2.34. The Balaban J connectivity index is 1.53. The number of rotatable bonds is 5. The van der Waals surface area contributed by atoms with Crippen molar-refractivity contribution in [2.24, 2.45) is 0 Å². The topological polar surface area (TPSA) is 71.4 Å². The van der Waals surface area contributed by atoms with Crippen molar-refractivity contribution in [3.05, 3.63) is 70.2 Å². The molecule has 0 bridgehead atoms. The van der Waals surface area contributed by atoms with E-state index in [0.717, 1.165) is 39.7 Å². The predicted molar refractivity (Wildman–Crippen MR) is 120 cm³/mol. The largest absolute Gasteiger partial charge is 0.347 e. The van der Waals surface area contributed by atoms with Crippen molar-refractivity contribution < 1.29 is 14.4 Å². The Kier molecular flexibility index (Phi) is 5.65. The van der Waals surface area contributed by atoms with Crippen LogP contribution >= 0.6 is 23.4 Å². The number of halogens is 1. The summed E-state index contributed by atoms with van der Waals surface area (Å²) < 4.78 is 2.09. The fraction of sp³-hybridized carbons (Fsp3) is 0.136. The standard InChI is InChI=1S/C22H18ClN3O3S/c1-2-25-12-14(17-5-3-4-6-18(17)25)11-19-21(28)26(22(29)30-19)13-20(27)24-16-9-7-15(23)8-10-16/h3-12H,2,13H2,1H3,(H,24,27)/b19-11-. The van der Waals surface area contributed by atoms with E-state index in [0.29, 0.717) is 15.6 Å². The first-order valence-electron chi connectivity index (χ1n) is 9.35. The van der Waals surface area contributed by atoms with Crippen LogP contribution in [0.3, 0.4) is 0 Å². The van der Waals surface area contributed by atoms with Gasteiger partial charge in [0.1, 0.15) is 6.54 Å². The summed E-state index contributed by atoms with van der Waals surface area (Å²) in [6.45, 7) is 2.49. The smallest absolute Gasteiger partial charge is 0.294 e. The Morgan fingerprint density at radius 1 is 1.13 bits per heavy atom. The number of aryl methyl sites for hydroxylation is 1. The fourth-order valence-corrected chi connectivity index (χ4v) is 4.26. The summed E-state index contributed by atoms with van der Waals surface area (Å²) in [6.07, 6.45) is 3.68. The van der Waals surface area contributed by atoms with Crippen molar-refractivity contribution in [3.63, 3.8) is 0 Å². The van der Waals surface area contributed by atoms with Crippen molar-refractivity contribution in [2.75, 3.05) is 11.9 Å². The molecule has 0 aliphatic carbocycles. The Morgan fingerprint density at radius 3 is 2.60 bits per heavy atom. The van der Waals surface area contributed by atoms with E-state index in [2.05, 4.69) is 9.88 Å². The Labute approximate surface area is 182 Å². The van der Waals surface area contributed by atoms with Gasteiger partial charge in [0.15, 0.2) is 0 Å². The van der Waals surface area contributed by atoms with E-state index in [1.807, 2.05) is 37.4 Å². The molecule has 0 radical (unpaired) electrons. The van der Waals surface area contributed by atoms with Crippen LogP contribution in [-0.2, 0) is 16.1 Å². The van der Waals surface area contributed by atoms with E-state index in [9.17, 15) is 14.4 Å². The molecule has 1 saturated heterocycles. The highest BCUT2D eigenvalue weighted by atomic mass is 35.5. The molecule has 8 heteroatoms. The molecule has 1 aromatic heterocycles. The van der Waals surface area contributed by atoms with Crippen LogP contribution in [0.4, 0.5) is 10.5 Å². The number of aromatic nitrogens is 1. The van der Waals surface area contributed by atoms with Gasteiger partial charge in [0.25, 0.3) is 11.1 Å². The number of nitrogens with one attached hydrogen (secondary N) is 1. The Morgan fingerprint density at radius 2 is 1.87 bits per heavy atom. The maximum atomic E-state index is 12.8. The van der Waals surface area contributed by atoms with Crippen LogP contribution in [0.5, 0.6) is 0 Å². The molecule has 0 saturated carbocycles. The summed E-state index contributed by atoms with van der Waals surface area (Å²) in [7, 11) is 0. The van der Waals surface area contributed by atoms with E-state index >= 15 is 0 Å². The van der Waals surface area contributed by atoms with Gasteiger partial charge in [0, 0.05) is 39.9 Å². The maximum absolute atomic E-state index is 12.8. The third kappa shape index (κ3) is 3.99. The molecule has 0 unspecified atom stereocenters. The van der Waals surface area contributed by atoms with Gasteiger partial charge >= 0.3 is 0 Å². The first-order chi connectivity index (χ1) is 14.5. The number of amides is 3. The Bertz CT molecular complexity index is 1180. The van der Waals surface area contributed by atoms with Crippen LogP contribution in [0.1, 0.15) is 12.5 Å². The highest BCUT2D eigenvalue weighted by Gasteiger charge is 2.36. The van der Waals surface area contributed by atoms with Gasteiger partial charge in [-0.05, 0) is 55.1 Å². The quantitative estimate of drug-likeness (QED) is 0.568. The van der Waals surface area contributed by atoms with Crippen molar-refractivity contribution in [1.29, 1.82) is 0 Å². The van der Waals surface area contributed by atoms with E-state index in [1.54, 1.807) is 30.3 Å². The SMILES string of the molecule is CCn1cc(/C=C2\SC(=O)N(CC(=O)Nc3ccc(Cl)cc3)C2=O)c2ccccc21. The lowest BCUT2D eigenvalue weighted by atomic mass is 10.1. The zero-order valence-electron chi connectivity index (χ0n) is 16.1. The summed E-state index contributed by atoms with van der Waals surface area (Å²) in [5.41, 5.74) is 2.47. The molecule has 0 atom stereocenters. The molecular formula is C22H18ClN3O3S. The maximum Gasteiger partial charge on any atom is 0.294 e. The van der Waals surface area contributed by atoms with Gasteiger partial charge in [-0.1, -0.05) is 29.8 Å². The third-order valence-corrected chi connectivity index (χ3v) is 5.91. The molecule has 6 nitrogen and oxygen atoms in total. The first-order valence-corrected chi connectivity index (χ1v) is 10.5. The van der Waals surface area contributed by atoms with Gasteiger partial charge in [0.2, 0.25) is 5.91 Å². The Hall–Kier alpha value is -3.03. The molecule has 3 aromatic rings. The number of fused-ring (bicyclic) bond motifs is 1. The number of benzene rings is 2. The lowest BCUT2D eigenvalue weighted by Gasteiger charge is -2.12. The minimum absolute atomic E-state index is 0.304. The van der Waals surface area contributed by atoms with Gasteiger partial charge in [-0.3, -0.25) is 19.3 Å². The predicted octanol–water partition coefficient (Wildman–Crippen LogP) is 4.99. The van der Waals surface area contributed by atoms with E-state index in [1.165, 1.54) is 0 Å². The molecule has 1 fully saturated rings. The van der Waals surface area contributed by atoms with Gasteiger partial charge in [-0.25, -0.2) is 0 Å². The fourth-order valence-electron chi connectivity index (χ4n) is 3.31. The second-order valence-electron chi connectivity index (χ2n) is 6.71. The minimum atomic E-state index is -0.468. The summed E-state index contributed by atoms with van der Waals surface area (Å²) >= 11 is 6.68. The molecular weight excluding hydrogens is 422 g/mol. The molecule has 3 amide bonds. The van der Waals surface area contributed by atoms with E-state index in [-0.39, 0.29) is 6.54 Å². The van der Waals surface area contributed by atoms with Crippen molar-refractivity contribution in [1.82, 2.24) is 9.47 Å². The van der Waals surface area contributed by atoms with Gasteiger partial charge < -0.3 is 9.88 Å². The van der Waals surface area contributed by atoms with Crippen molar-refractivity contribution in [2.45, 2.75) is 13.5 Å². The lowest BCUT2D eigenvalue weighted by molar-refractivity contribution is -0.127. The normalized spacial score (nSPS) is 15.4. The van der Waals surface area contributed by atoms with Crippen molar-refractivity contribution in [3.8, 4) is 0 Å². The van der Waals surface area contributed by atoms with E-state index in [4.69, 9.17) is 11.6 Å². The van der Waals surface area contributed by atoms with Crippen molar-refractivity contribution >= 4 is 63.1 Å². The van der Waals surface area contributed by atoms with Crippen LogP contribution in [-0.4, -0.2) is 33.1 Å². The zero-order chi connectivity index (χ0) is 21.3. The number of nitrogens with zero attached hydrogens (tertiary/aromatic N) is 2. The number of hydrogen-bond acceptors (Lipinski definition) is 4. The molecule has 152 valence electrons. The number of carbonyl (C=O) groups is 3. The molecule has 4 rings (SSSR count). The monoisotopic (exact) mass is 439 g/mol. The molecule has 1 aliphatic heterocycles. The number of carbonyl (C=O) groups excluding carboxylic acids is 3. The van der Waals surface area contributed by atoms with Crippen LogP contribution < -0.4 is 5.32 Å². The molecule has 2 heterocycles. The van der Waals surface area contributed by atoms with Crippen LogP contribution in [0.25, 0.3) is 17.0 Å². The van der Waals surface area contributed by atoms with Crippen LogP contribution in [0.2, 0.25) is 5.02 Å². The molecule has 1 N–H and O–H groups in total. The second-order valence-corrected chi connectivity index (χ2v) is 8.14. The van der Waals surface area contributed by atoms with Gasteiger partial charge in [0.05, 0.1) is 4.91 Å². The third-order valence-electron chi connectivity index (χ3n) is 4.75. The van der Waals surface area contributed by atoms with Crippen LogP contribution in [0, 0.1) is 0 Å². The average molecular weight is 440 g/mol. The molecule has 0 spiro atoms. The minimum Gasteiger partial charge on any atom is -0.347 e. The molecule has 2 aromatic carbocycles. The number of imide groups is 1. The average Bonchev–Trinajstić information content (AvgIpc) is 3.22. The first kappa shape index (κ1) is 20.3. The number of thioether (sulfide) groups is 1. The lowest BCUT2D eigenvalue weighted by Crippen LogP contribution is -2.36. The molecule has 1 aliphatic rings. The zero-order valence-corrected chi connectivity index (χ0v) is 17.7. The van der Waals surface area contributed by atoms with E-state index < -0.39 is 17.1 Å². The number of hydrogen-bond donors (Lipinski definition) is 1. The molecule has 30 heavy (non-hydrogen) atoms. The van der Waals surface area contributed by atoms with Gasteiger partial charge in [-0.2, -0.15) is 0 Å². The highest BCUT2D eigenvalue weighted by molar-refractivity contribution is 8.18.